The fourth-order valence-electron chi connectivity index (χ4n) is 3.07. The molecule has 2 N–H and O–H groups in total. The van der Waals surface area contributed by atoms with Gasteiger partial charge in [0.25, 0.3) is 0 Å². The minimum atomic E-state index is 0.234. The van der Waals surface area contributed by atoms with Crippen molar-refractivity contribution in [2.75, 3.05) is 0 Å². The second-order valence-electron chi connectivity index (χ2n) is 5.39. The molecule has 0 aliphatic heterocycles. The van der Waals surface area contributed by atoms with Crippen molar-refractivity contribution in [1.82, 2.24) is 0 Å². The molecule has 0 spiro atoms. The maximum Gasteiger partial charge on any atom is 0.0328 e. The number of aryl methyl sites for hydroxylation is 1. The number of rotatable bonds is 2. The molecule has 1 heteroatoms. The van der Waals surface area contributed by atoms with E-state index >= 15 is 0 Å². The summed E-state index contributed by atoms with van der Waals surface area (Å²) in [6, 6.07) is 6.75. The van der Waals surface area contributed by atoms with Gasteiger partial charge in [0.15, 0.2) is 0 Å². The Morgan fingerprint density at radius 2 is 2.00 bits per heavy atom. The van der Waals surface area contributed by atoms with Crippen LogP contribution in [0.1, 0.15) is 48.9 Å². The maximum absolute atomic E-state index is 6.46. The minimum Gasteiger partial charge on any atom is -0.324 e. The average Bonchev–Trinajstić information content (AvgIpc) is 2.68. The first kappa shape index (κ1) is 11.7. The summed E-state index contributed by atoms with van der Waals surface area (Å²) in [5.74, 6) is 1.47. The second kappa shape index (κ2) is 4.58. The zero-order chi connectivity index (χ0) is 11.7. The molecule has 1 aromatic rings. The van der Waals surface area contributed by atoms with Crippen molar-refractivity contribution in [2.45, 2.75) is 46.1 Å². The van der Waals surface area contributed by atoms with E-state index in [1.807, 2.05) is 0 Å². The normalized spacial score (nSPS) is 27.0. The Bertz CT molecular complexity index is 370. The van der Waals surface area contributed by atoms with Crippen molar-refractivity contribution in [3.8, 4) is 0 Å². The minimum absolute atomic E-state index is 0.234. The Morgan fingerprint density at radius 3 is 2.62 bits per heavy atom. The van der Waals surface area contributed by atoms with Crippen LogP contribution in [0.4, 0.5) is 0 Å². The van der Waals surface area contributed by atoms with Crippen LogP contribution in [0.5, 0.6) is 0 Å². The molecule has 0 bridgehead atoms. The molecule has 0 amide bonds. The number of hydrogen-bond donors (Lipinski definition) is 1. The molecule has 88 valence electrons. The molecule has 1 aromatic carbocycles. The molecule has 1 saturated carbocycles. The van der Waals surface area contributed by atoms with Crippen molar-refractivity contribution in [1.29, 1.82) is 0 Å². The molecule has 1 nitrogen and oxygen atoms in total. The topological polar surface area (TPSA) is 26.0 Å². The van der Waals surface area contributed by atoms with E-state index in [1.165, 1.54) is 36.0 Å². The Hall–Kier alpha value is -0.820. The molecule has 2 rings (SSSR count). The smallest absolute Gasteiger partial charge is 0.0328 e. The highest BCUT2D eigenvalue weighted by molar-refractivity contribution is 5.35. The van der Waals surface area contributed by atoms with Gasteiger partial charge in [-0.2, -0.15) is 0 Å². The highest BCUT2D eigenvalue weighted by atomic mass is 14.7. The molecule has 0 heterocycles. The fraction of sp³-hybridized carbons (Fsp3) is 0.600. The standard InChI is InChI=1S/C15H23N/c1-10-6-4-9-14(12(10)3)15(16)13-8-5-7-11(13)2/h4,6,9,11,13,15H,5,7-8,16H2,1-3H3. The van der Waals surface area contributed by atoms with E-state index in [9.17, 15) is 0 Å². The van der Waals surface area contributed by atoms with Gasteiger partial charge in [-0.15, -0.1) is 0 Å². The van der Waals surface area contributed by atoms with E-state index in [0.717, 1.165) is 5.92 Å². The van der Waals surface area contributed by atoms with Crippen LogP contribution >= 0.6 is 0 Å². The lowest BCUT2D eigenvalue weighted by Gasteiger charge is -2.25. The summed E-state index contributed by atoms with van der Waals surface area (Å²) in [4.78, 5) is 0. The quantitative estimate of drug-likeness (QED) is 0.802. The Balaban J connectivity index is 2.26. The average molecular weight is 217 g/mol. The van der Waals surface area contributed by atoms with Gasteiger partial charge in [0, 0.05) is 6.04 Å². The third-order valence-electron chi connectivity index (χ3n) is 4.39. The molecule has 1 aliphatic carbocycles. The first-order valence-electron chi connectivity index (χ1n) is 6.43. The molecular formula is C15H23N. The van der Waals surface area contributed by atoms with E-state index in [1.54, 1.807) is 0 Å². The lowest BCUT2D eigenvalue weighted by atomic mass is 9.84. The van der Waals surface area contributed by atoms with Crippen LogP contribution in [0, 0.1) is 25.7 Å². The zero-order valence-electron chi connectivity index (χ0n) is 10.7. The third-order valence-corrected chi connectivity index (χ3v) is 4.39. The molecule has 0 radical (unpaired) electrons. The highest BCUT2D eigenvalue weighted by Gasteiger charge is 2.30. The van der Waals surface area contributed by atoms with E-state index < -0.39 is 0 Å². The molecule has 16 heavy (non-hydrogen) atoms. The first-order chi connectivity index (χ1) is 7.61. The monoisotopic (exact) mass is 217 g/mol. The van der Waals surface area contributed by atoms with Gasteiger partial charge in [-0.1, -0.05) is 38.0 Å². The molecule has 3 unspecified atom stereocenters. The van der Waals surface area contributed by atoms with Crippen molar-refractivity contribution in [3.63, 3.8) is 0 Å². The van der Waals surface area contributed by atoms with Gasteiger partial charge in [-0.25, -0.2) is 0 Å². The van der Waals surface area contributed by atoms with Crippen LogP contribution in [0.3, 0.4) is 0 Å². The van der Waals surface area contributed by atoms with Gasteiger partial charge in [0.05, 0.1) is 0 Å². The summed E-state index contributed by atoms with van der Waals surface area (Å²) in [6.07, 6.45) is 4.00. The van der Waals surface area contributed by atoms with Gasteiger partial charge < -0.3 is 5.73 Å². The van der Waals surface area contributed by atoms with Gasteiger partial charge in [-0.3, -0.25) is 0 Å². The summed E-state index contributed by atoms with van der Waals surface area (Å²) >= 11 is 0. The summed E-state index contributed by atoms with van der Waals surface area (Å²) in [6.45, 7) is 6.72. The zero-order valence-corrected chi connectivity index (χ0v) is 10.7. The van der Waals surface area contributed by atoms with E-state index in [-0.39, 0.29) is 6.04 Å². The summed E-state index contributed by atoms with van der Waals surface area (Å²) in [5.41, 5.74) is 10.6. The summed E-state index contributed by atoms with van der Waals surface area (Å²) in [7, 11) is 0. The van der Waals surface area contributed by atoms with Gasteiger partial charge in [0.2, 0.25) is 0 Å². The van der Waals surface area contributed by atoms with Crippen LogP contribution in [0.15, 0.2) is 18.2 Å². The van der Waals surface area contributed by atoms with E-state index in [0.29, 0.717) is 5.92 Å². The van der Waals surface area contributed by atoms with Crippen LogP contribution in [0.2, 0.25) is 0 Å². The van der Waals surface area contributed by atoms with Crippen molar-refractivity contribution in [3.05, 3.63) is 34.9 Å². The Morgan fingerprint density at radius 1 is 1.25 bits per heavy atom. The van der Waals surface area contributed by atoms with Crippen molar-refractivity contribution in [2.24, 2.45) is 17.6 Å². The molecule has 1 fully saturated rings. The van der Waals surface area contributed by atoms with Crippen molar-refractivity contribution >= 4 is 0 Å². The van der Waals surface area contributed by atoms with E-state index in [2.05, 4.69) is 39.0 Å². The second-order valence-corrected chi connectivity index (χ2v) is 5.39. The fourth-order valence-corrected chi connectivity index (χ4v) is 3.07. The SMILES string of the molecule is Cc1cccc(C(N)C2CCCC2C)c1C. The number of nitrogens with two attached hydrogens (primary N) is 1. The maximum atomic E-state index is 6.46. The molecular weight excluding hydrogens is 194 g/mol. The predicted octanol–water partition coefficient (Wildman–Crippen LogP) is 3.74. The molecule has 1 aliphatic rings. The van der Waals surface area contributed by atoms with Crippen LogP contribution < -0.4 is 5.73 Å². The molecule has 0 aromatic heterocycles. The lowest BCUT2D eigenvalue weighted by Crippen LogP contribution is -2.24. The number of hydrogen-bond acceptors (Lipinski definition) is 1. The van der Waals surface area contributed by atoms with Crippen LogP contribution in [0.25, 0.3) is 0 Å². The number of benzene rings is 1. The molecule has 3 atom stereocenters. The predicted molar refractivity (Wildman–Crippen MR) is 69.3 cm³/mol. The Labute approximate surface area is 99.0 Å². The van der Waals surface area contributed by atoms with Gasteiger partial charge in [0.1, 0.15) is 0 Å². The Kier molecular flexibility index (Phi) is 3.34. The lowest BCUT2D eigenvalue weighted by molar-refractivity contribution is 0.350. The van der Waals surface area contributed by atoms with Gasteiger partial charge >= 0.3 is 0 Å². The molecule has 0 saturated heterocycles. The van der Waals surface area contributed by atoms with E-state index in [4.69, 9.17) is 5.73 Å². The summed E-state index contributed by atoms with van der Waals surface area (Å²) in [5, 5.41) is 0. The highest BCUT2D eigenvalue weighted by Crippen LogP contribution is 2.39. The van der Waals surface area contributed by atoms with Crippen molar-refractivity contribution < 1.29 is 0 Å². The van der Waals surface area contributed by atoms with Crippen LogP contribution in [-0.4, -0.2) is 0 Å². The largest absolute Gasteiger partial charge is 0.324 e. The third kappa shape index (κ3) is 2.01. The van der Waals surface area contributed by atoms with Gasteiger partial charge in [-0.05, 0) is 48.8 Å². The first-order valence-corrected chi connectivity index (χ1v) is 6.43. The van der Waals surface area contributed by atoms with Crippen LogP contribution in [-0.2, 0) is 0 Å². The summed E-state index contributed by atoms with van der Waals surface area (Å²) < 4.78 is 0.